The van der Waals surface area contributed by atoms with Gasteiger partial charge in [-0.05, 0) is 48.6 Å². The Balaban J connectivity index is 1.70. The fourth-order valence-electron chi connectivity index (χ4n) is 3.74. The van der Waals surface area contributed by atoms with E-state index in [-0.39, 0.29) is 35.7 Å². The Morgan fingerprint density at radius 2 is 1.97 bits per heavy atom. The SMILES string of the molecule is C[C@@H]1OCC(=O)[C@H]1NC(=O)C(CC(C)(C)CCc1ccccc1)NC(=O)c1ccsc1. The number of benzene rings is 1. The van der Waals surface area contributed by atoms with Crippen molar-refractivity contribution in [1.29, 1.82) is 0 Å². The van der Waals surface area contributed by atoms with Crippen LogP contribution in [0.25, 0.3) is 0 Å². The molecule has 0 spiro atoms. The molecule has 6 nitrogen and oxygen atoms in total. The predicted octanol–water partition coefficient (Wildman–Crippen LogP) is 3.37. The summed E-state index contributed by atoms with van der Waals surface area (Å²) in [5, 5.41) is 9.26. The number of aryl methyl sites for hydroxylation is 1. The van der Waals surface area contributed by atoms with E-state index in [0.29, 0.717) is 12.0 Å². The Labute approximate surface area is 187 Å². The van der Waals surface area contributed by atoms with Gasteiger partial charge >= 0.3 is 0 Å². The second-order valence-corrected chi connectivity index (χ2v) is 9.64. The maximum absolute atomic E-state index is 13.1. The minimum Gasteiger partial charge on any atom is -0.368 e. The Morgan fingerprint density at radius 1 is 1.23 bits per heavy atom. The number of hydrogen-bond donors (Lipinski definition) is 2. The normalized spacial score (nSPS) is 19.8. The molecule has 3 atom stereocenters. The van der Waals surface area contributed by atoms with Crippen LogP contribution in [0.2, 0.25) is 0 Å². The lowest BCUT2D eigenvalue weighted by atomic mass is 9.80. The highest BCUT2D eigenvalue weighted by Gasteiger charge is 2.37. The molecule has 1 aromatic heterocycles. The van der Waals surface area contributed by atoms with Gasteiger partial charge in [-0.2, -0.15) is 11.3 Å². The lowest BCUT2D eigenvalue weighted by molar-refractivity contribution is -0.128. The molecule has 1 unspecified atom stereocenters. The molecule has 1 fully saturated rings. The smallest absolute Gasteiger partial charge is 0.252 e. The monoisotopic (exact) mass is 442 g/mol. The summed E-state index contributed by atoms with van der Waals surface area (Å²) in [6.07, 6.45) is 1.82. The number of carbonyl (C=O) groups excluding carboxylic acids is 3. The average molecular weight is 443 g/mol. The third-order valence-electron chi connectivity index (χ3n) is 5.70. The molecule has 1 saturated heterocycles. The highest BCUT2D eigenvalue weighted by Crippen LogP contribution is 2.29. The van der Waals surface area contributed by atoms with Gasteiger partial charge in [0.2, 0.25) is 5.91 Å². The molecule has 0 saturated carbocycles. The third-order valence-corrected chi connectivity index (χ3v) is 6.38. The second-order valence-electron chi connectivity index (χ2n) is 8.86. The number of ketones is 1. The van der Waals surface area contributed by atoms with Crippen molar-refractivity contribution in [3.8, 4) is 0 Å². The zero-order valence-corrected chi connectivity index (χ0v) is 19.0. The topological polar surface area (TPSA) is 84.5 Å². The third kappa shape index (κ3) is 6.48. The number of hydrogen-bond acceptors (Lipinski definition) is 5. The molecule has 2 amide bonds. The number of thiophene rings is 1. The summed E-state index contributed by atoms with van der Waals surface area (Å²) in [6, 6.07) is 10.5. The number of nitrogens with one attached hydrogen (secondary N) is 2. The minimum atomic E-state index is -0.751. The predicted molar refractivity (Wildman–Crippen MR) is 121 cm³/mol. The first-order chi connectivity index (χ1) is 14.7. The van der Waals surface area contributed by atoms with Gasteiger partial charge in [0.05, 0.1) is 11.7 Å². The van der Waals surface area contributed by atoms with Crippen LogP contribution in [0.4, 0.5) is 0 Å². The molecule has 2 N–H and O–H groups in total. The van der Waals surface area contributed by atoms with Gasteiger partial charge in [-0.25, -0.2) is 0 Å². The molecule has 0 bridgehead atoms. The van der Waals surface area contributed by atoms with Crippen LogP contribution in [0.5, 0.6) is 0 Å². The summed E-state index contributed by atoms with van der Waals surface area (Å²) < 4.78 is 5.34. The van der Waals surface area contributed by atoms with Crippen LogP contribution in [-0.4, -0.2) is 42.4 Å². The molecule has 166 valence electrons. The zero-order valence-electron chi connectivity index (χ0n) is 18.2. The average Bonchev–Trinajstić information content (AvgIpc) is 3.39. The minimum absolute atomic E-state index is 0.000607. The summed E-state index contributed by atoms with van der Waals surface area (Å²) in [7, 11) is 0. The van der Waals surface area contributed by atoms with Crippen molar-refractivity contribution in [3.05, 3.63) is 58.3 Å². The fourth-order valence-corrected chi connectivity index (χ4v) is 4.38. The summed E-state index contributed by atoms with van der Waals surface area (Å²) in [5.41, 5.74) is 1.56. The first kappa shape index (κ1) is 23.2. The summed E-state index contributed by atoms with van der Waals surface area (Å²) in [4.78, 5) is 37.9. The van der Waals surface area contributed by atoms with Gasteiger partial charge in [-0.3, -0.25) is 14.4 Å². The van der Waals surface area contributed by atoms with Crippen molar-refractivity contribution in [2.45, 2.75) is 58.2 Å². The lowest BCUT2D eigenvalue weighted by Crippen LogP contribution is -2.54. The molecule has 31 heavy (non-hydrogen) atoms. The summed E-state index contributed by atoms with van der Waals surface area (Å²) in [6.45, 7) is 5.96. The van der Waals surface area contributed by atoms with Gasteiger partial charge in [-0.1, -0.05) is 44.2 Å². The van der Waals surface area contributed by atoms with Crippen LogP contribution in [0, 0.1) is 5.41 Å². The van der Waals surface area contributed by atoms with Gasteiger partial charge in [0.25, 0.3) is 5.91 Å². The van der Waals surface area contributed by atoms with Crippen molar-refractivity contribution >= 4 is 28.9 Å². The number of Topliss-reactive ketones (excluding diaryl/α,β-unsaturated/α-hetero) is 1. The van der Waals surface area contributed by atoms with Gasteiger partial charge < -0.3 is 15.4 Å². The molecular weight excluding hydrogens is 412 g/mol. The first-order valence-corrected chi connectivity index (χ1v) is 11.5. The van der Waals surface area contributed by atoms with E-state index in [1.807, 2.05) is 23.6 Å². The van der Waals surface area contributed by atoms with Crippen molar-refractivity contribution in [2.24, 2.45) is 5.41 Å². The van der Waals surface area contributed by atoms with Crippen molar-refractivity contribution in [3.63, 3.8) is 0 Å². The van der Waals surface area contributed by atoms with E-state index in [9.17, 15) is 14.4 Å². The molecule has 1 aliphatic rings. The molecule has 3 rings (SSSR count). The fraction of sp³-hybridized carbons (Fsp3) is 0.458. The van der Waals surface area contributed by atoms with Crippen LogP contribution in [0.15, 0.2) is 47.2 Å². The maximum Gasteiger partial charge on any atom is 0.252 e. The highest BCUT2D eigenvalue weighted by molar-refractivity contribution is 7.08. The second kappa shape index (κ2) is 10.2. The van der Waals surface area contributed by atoms with E-state index in [0.717, 1.165) is 12.8 Å². The van der Waals surface area contributed by atoms with Crippen LogP contribution in [0.3, 0.4) is 0 Å². The molecule has 1 aliphatic heterocycles. The highest BCUT2D eigenvalue weighted by atomic mass is 32.1. The van der Waals surface area contributed by atoms with Gasteiger partial charge in [-0.15, -0.1) is 0 Å². The standard InChI is InChI=1S/C24H30N2O4S/c1-16-21(20(27)14-30-16)26-23(29)19(25-22(28)18-10-12-31-15-18)13-24(2,3)11-9-17-7-5-4-6-8-17/h4-8,10,12,15-16,19,21H,9,11,13-14H2,1-3H3,(H,25,28)(H,26,29)/t16-,19?,21-/m0/s1. The molecule has 1 aromatic carbocycles. The van der Waals surface area contributed by atoms with Gasteiger partial charge in [0.1, 0.15) is 18.7 Å². The molecule has 0 radical (unpaired) electrons. The Hall–Kier alpha value is -2.51. The number of amides is 2. The van der Waals surface area contributed by atoms with Gasteiger partial charge in [0.15, 0.2) is 5.78 Å². The number of carbonyl (C=O) groups is 3. The van der Waals surface area contributed by atoms with Crippen molar-refractivity contribution in [2.75, 3.05) is 6.61 Å². The zero-order chi connectivity index (χ0) is 22.4. The molecule has 2 heterocycles. The molecular formula is C24H30N2O4S. The lowest BCUT2D eigenvalue weighted by Gasteiger charge is -2.30. The van der Waals surface area contributed by atoms with E-state index >= 15 is 0 Å². The van der Waals surface area contributed by atoms with E-state index in [1.165, 1.54) is 16.9 Å². The molecule has 0 aliphatic carbocycles. The van der Waals surface area contributed by atoms with Crippen LogP contribution >= 0.6 is 11.3 Å². The Morgan fingerprint density at radius 3 is 2.58 bits per heavy atom. The number of rotatable bonds is 9. The molecule has 2 aromatic rings. The number of ether oxygens (including phenoxy) is 1. The maximum atomic E-state index is 13.1. The summed E-state index contributed by atoms with van der Waals surface area (Å²) in [5.74, 6) is -0.790. The van der Waals surface area contributed by atoms with E-state index in [2.05, 4.69) is 36.6 Å². The van der Waals surface area contributed by atoms with Crippen LogP contribution in [0.1, 0.15) is 49.5 Å². The van der Waals surface area contributed by atoms with E-state index in [4.69, 9.17) is 4.74 Å². The van der Waals surface area contributed by atoms with E-state index in [1.54, 1.807) is 18.4 Å². The molecule has 7 heteroatoms. The van der Waals surface area contributed by atoms with Gasteiger partial charge in [0, 0.05) is 5.38 Å². The first-order valence-electron chi connectivity index (χ1n) is 10.6. The summed E-state index contributed by atoms with van der Waals surface area (Å²) >= 11 is 1.43. The Kier molecular flexibility index (Phi) is 7.62. The van der Waals surface area contributed by atoms with Crippen molar-refractivity contribution < 1.29 is 19.1 Å². The van der Waals surface area contributed by atoms with Crippen LogP contribution < -0.4 is 10.6 Å². The Bertz CT molecular complexity index is 896. The van der Waals surface area contributed by atoms with Crippen LogP contribution in [-0.2, 0) is 20.7 Å². The van der Waals surface area contributed by atoms with Crippen molar-refractivity contribution in [1.82, 2.24) is 10.6 Å². The van der Waals surface area contributed by atoms with E-state index < -0.39 is 12.1 Å². The quantitative estimate of drug-likeness (QED) is 0.624. The largest absolute Gasteiger partial charge is 0.368 e.